The maximum absolute atomic E-state index is 10.6. The van der Waals surface area contributed by atoms with Gasteiger partial charge in [-0.3, -0.25) is 9.97 Å². The predicted octanol–water partition coefficient (Wildman–Crippen LogP) is 0.671. The largest absolute Gasteiger partial charge is 0.379 e. The molecule has 0 amide bonds. The third kappa shape index (κ3) is 1.80. The van der Waals surface area contributed by atoms with Crippen molar-refractivity contribution in [1.82, 2.24) is 9.97 Å². The second kappa shape index (κ2) is 4.38. The molecule has 2 heterocycles. The van der Waals surface area contributed by atoms with Gasteiger partial charge in [0.05, 0.1) is 0 Å². The van der Waals surface area contributed by atoms with E-state index in [0.717, 1.165) is 0 Å². The standard InChI is InChI=1S/C12H13N3O/c13-9-12(16,10-3-1-5-14-7-10)11-4-2-6-15-8-11/h1-8,16H,9,13H2. The van der Waals surface area contributed by atoms with E-state index in [9.17, 15) is 5.11 Å². The average molecular weight is 215 g/mol. The van der Waals surface area contributed by atoms with Gasteiger partial charge in [0.25, 0.3) is 0 Å². The minimum Gasteiger partial charge on any atom is -0.379 e. The number of aliphatic hydroxyl groups is 1. The van der Waals surface area contributed by atoms with E-state index in [1.807, 2.05) is 0 Å². The van der Waals surface area contributed by atoms with Gasteiger partial charge < -0.3 is 10.8 Å². The van der Waals surface area contributed by atoms with Crippen molar-refractivity contribution >= 4 is 0 Å². The van der Waals surface area contributed by atoms with Crippen molar-refractivity contribution < 1.29 is 5.11 Å². The highest BCUT2D eigenvalue weighted by Crippen LogP contribution is 2.26. The van der Waals surface area contributed by atoms with Crippen molar-refractivity contribution in [2.24, 2.45) is 5.73 Å². The summed E-state index contributed by atoms with van der Waals surface area (Å²) in [6, 6.07) is 7.14. The third-order valence-corrected chi connectivity index (χ3v) is 2.57. The topological polar surface area (TPSA) is 72.0 Å². The molecule has 16 heavy (non-hydrogen) atoms. The lowest BCUT2D eigenvalue weighted by molar-refractivity contribution is 0.0895. The molecule has 0 bridgehead atoms. The Hall–Kier alpha value is -1.78. The van der Waals surface area contributed by atoms with Gasteiger partial charge in [0, 0.05) is 42.5 Å². The van der Waals surface area contributed by atoms with Crippen LogP contribution in [0.4, 0.5) is 0 Å². The van der Waals surface area contributed by atoms with E-state index in [1.54, 1.807) is 49.1 Å². The summed E-state index contributed by atoms with van der Waals surface area (Å²) in [5, 5.41) is 10.6. The van der Waals surface area contributed by atoms with E-state index < -0.39 is 5.60 Å². The summed E-state index contributed by atoms with van der Waals surface area (Å²) >= 11 is 0. The Balaban J connectivity index is 2.49. The van der Waals surface area contributed by atoms with Crippen LogP contribution in [0.3, 0.4) is 0 Å². The summed E-state index contributed by atoms with van der Waals surface area (Å²) in [7, 11) is 0. The maximum Gasteiger partial charge on any atom is 0.130 e. The van der Waals surface area contributed by atoms with Gasteiger partial charge in [-0.15, -0.1) is 0 Å². The Morgan fingerprint density at radius 2 is 1.56 bits per heavy atom. The molecule has 82 valence electrons. The molecule has 0 spiro atoms. The van der Waals surface area contributed by atoms with Gasteiger partial charge in [0.15, 0.2) is 0 Å². The Morgan fingerprint density at radius 3 is 1.88 bits per heavy atom. The Bertz CT molecular complexity index is 405. The molecule has 0 unspecified atom stereocenters. The molecule has 0 saturated heterocycles. The monoisotopic (exact) mass is 215 g/mol. The molecule has 2 aromatic rings. The minimum atomic E-state index is -1.22. The highest BCUT2D eigenvalue weighted by Gasteiger charge is 2.30. The summed E-state index contributed by atoms with van der Waals surface area (Å²) in [4.78, 5) is 7.98. The van der Waals surface area contributed by atoms with Crippen LogP contribution in [0, 0.1) is 0 Å². The summed E-state index contributed by atoms with van der Waals surface area (Å²) in [5.41, 5.74) is 5.79. The molecular formula is C12H13N3O. The number of nitrogens with zero attached hydrogens (tertiary/aromatic N) is 2. The first-order valence-electron chi connectivity index (χ1n) is 5.01. The molecule has 3 N–H and O–H groups in total. The third-order valence-electron chi connectivity index (χ3n) is 2.57. The van der Waals surface area contributed by atoms with Crippen LogP contribution in [-0.4, -0.2) is 21.6 Å². The molecule has 0 saturated carbocycles. The normalized spacial score (nSPS) is 11.4. The predicted molar refractivity (Wildman–Crippen MR) is 60.5 cm³/mol. The van der Waals surface area contributed by atoms with Gasteiger partial charge in [-0.05, 0) is 12.1 Å². The van der Waals surface area contributed by atoms with Crippen LogP contribution in [-0.2, 0) is 5.60 Å². The van der Waals surface area contributed by atoms with Crippen molar-refractivity contribution in [3.05, 3.63) is 60.2 Å². The second-order valence-electron chi connectivity index (χ2n) is 3.55. The van der Waals surface area contributed by atoms with E-state index in [4.69, 9.17) is 5.73 Å². The maximum atomic E-state index is 10.6. The van der Waals surface area contributed by atoms with Crippen molar-refractivity contribution in [3.63, 3.8) is 0 Å². The van der Waals surface area contributed by atoms with E-state index in [0.29, 0.717) is 11.1 Å². The molecule has 0 aliphatic carbocycles. The molecule has 2 aromatic heterocycles. The summed E-state index contributed by atoms with van der Waals surface area (Å²) < 4.78 is 0. The summed E-state index contributed by atoms with van der Waals surface area (Å²) in [6.45, 7) is 0.0877. The van der Waals surface area contributed by atoms with Crippen LogP contribution in [0.15, 0.2) is 49.1 Å². The zero-order chi connectivity index (χ0) is 11.4. The smallest absolute Gasteiger partial charge is 0.130 e. The molecule has 0 aliphatic heterocycles. The average Bonchev–Trinajstić information content (AvgIpc) is 2.40. The number of hydrogen-bond donors (Lipinski definition) is 2. The quantitative estimate of drug-likeness (QED) is 0.789. The van der Waals surface area contributed by atoms with Gasteiger partial charge >= 0.3 is 0 Å². The first kappa shape index (κ1) is 10.7. The van der Waals surface area contributed by atoms with Crippen LogP contribution >= 0.6 is 0 Å². The van der Waals surface area contributed by atoms with Gasteiger partial charge in [-0.1, -0.05) is 12.1 Å². The fraction of sp³-hybridized carbons (Fsp3) is 0.167. The van der Waals surface area contributed by atoms with Crippen LogP contribution < -0.4 is 5.73 Å². The first-order chi connectivity index (χ1) is 7.77. The lowest BCUT2D eigenvalue weighted by atomic mass is 9.88. The molecule has 0 aliphatic rings. The zero-order valence-corrected chi connectivity index (χ0v) is 8.74. The SMILES string of the molecule is NCC(O)(c1cccnc1)c1cccnc1. The van der Waals surface area contributed by atoms with Gasteiger partial charge in [-0.25, -0.2) is 0 Å². The highest BCUT2D eigenvalue weighted by atomic mass is 16.3. The lowest BCUT2D eigenvalue weighted by Crippen LogP contribution is -2.36. The van der Waals surface area contributed by atoms with Crippen LogP contribution in [0.1, 0.15) is 11.1 Å². The Morgan fingerprint density at radius 1 is 1.06 bits per heavy atom. The van der Waals surface area contributed by atoms with Crippen molar-refractivity contribution in [2.75, 3.05) is 6.54 Å². The fourth-order valence-electron chi connectivity index (χ4n) is 1.62. The van der Waals surface area contributed by atoms with Crippen molar-refractivity contribution in [2.45, 2.75) is 5.60 Å². The molecule has 4 nitrogen and oxygen atoms in total. The molecule has 0 radical (unpaired) electrons. The van der Waals surface area contributed by atoms with E-state index in [1.165, 1.54) is 0 Å². The Labute approximate surface area is 93.8 Å². The molecular weight excluding hydrogens is 202 g/mol. The zero-order valence-electron chi connectivity index (χ0n) is 8.74. The van der Waals surface area contributed by atoms with E-state index in [-0.39, 0.29) is 6.54 Å². The van der Waals surface area contributed by atoms with Crippen LogP contribution in [0.5, 0.6) is 0 Å². The highest BCUT2D eigenvalue weighted by molar-refractivity contribution is 5.33. The lowest BCUT2D eigenvalue weighted by Gasteiger charge is -2.26. The molecule has 4 heteroatoms. The molecule has 2 rings (SSSR count). The number of hydrogen-bond acceptors (Lipinski definition) is 4. The van der Waals surface area contributed by atoms with Gasteiger partial charge in [0.2, 0.25) is 0 Å². The number of nitrogens with two attached hydrogens (primary N) is 1. The van der Waals surface area contributed by atoms with Gasteiger partial charge in [-0.2, -0.15) is 0 Å². The van der Waals surface area contributed by atoms with Crippen molar-refractivity contribution in [3.8, 4) is 0 Å². The first-order valence-corrected chi connectivity index (χ1v) is 5.01. The van der Waals surface area contributed by atoms with E-state index >= 15 is 0 Å². The Kier molecular flexibility index (Phi) is 2.94. The molecule has 0 aromatic carbocycles. The minimum absolute atomic E-state index is 0.0877. The van der Waals surface area contributed by atoms with Gasteiger partial charge in [0.1, 0.15) is 5.60 Å². The number of pyridine rings is 2. The second-order valence-corrected chi connectivity index (χ2v) is 3.55. The van der Waals surface area contributed by atoms with E-state index in [2.05, 4.69) is 9.97 Å². The number of rotatable bonds is 3. The summed E-state index contributed by atoms with van der Waals surface area (Å²) in [5.74, 6) is 0. The fourth-order valence-corrected chi connectivity index (χ4v) is 1.62. The number of aromatic nitrogens is 2. The van der Waals surface area contributed by atoms with Crippen molar-refractivity contribution in [1.29, 1.82) is 0 Å². The molecule has 0 fully saturated rings. The van der Waals surface area contributed by atoms with Crippen LogP contribution in [0.2, 0.25) is 0 Å². The summed E-state index contributed by atoms with van der Waals surface area (Å²) in [6.07, 6.45) is 6.53. The van der Waals surface area contributed by atoms with Crippen LogP contribution in [0.25, 0.3) is 0 Å². The molecule has 0 atom stereocenters.